The molecule has 2 N–H and O–H groups in total. The number of ether oxygens (including phenoxy) is 1. The van der Waals surface area contributed by atoms with Crippen molar-refractivity contribution in [1.82, 2.24) is 20.5 Å². The fourth-order valence-electron chi connectivity index (χ4n) is 2.25. The second-order valence-corrected chi connectivity index (χ2v) is 6.42. The van der Waals surface area contributed by atoms with Gasteiger partial charge in [0.2, 0.25) is 5.11 Å². The number of methoxy groups -OCH3 is 1. The van der Waals surface area contributed by atoms with E-state index >= 15 is 0 Å². The van der Waals surface area contributed by atoms with E-state index in [4.69, 9.17) is 35.4 Å². The second kappa shape index (κ2) is 7.87. The Bertz CT molecular complexity index is 1000. The van der Waals surface area contributed by atoms with E-state index in [1.54, 1.807) is 18.2 Å². The molecule has 1 amide bonds. The molecular formula is C16H11Cl2N5O3S. The van der Waals surface area contributed by atoms with Crippen LogP contribution in [-0.4, -0.2) is 45.5 Å². The topological polar surface area (TPSA) is 99.7 Å². The Kier molecular flexibility index (Phi) is 5.54. The molecule has 0 saturated carbocycles. The summed E-state index contributed by atoms with van der Waals surface area (Å²) in [5.41, 5.74) is 1.79. The van der Waals surface area contributed by atoms with E-state index in [0.717, 1.165) is 11.1 Å². The Hall–Kier alpha value is -2.75. The van der Waals surface area contributed by atoms with Crippen LogP contribution in [0.15, 0.2) is 41.3 Å². The van der Waals surface area contributed by atoms with Crippen molar-refractivity contribution in [2.75, 3.05) is 7.11 Å². The lowest BCUT2D eigenvalue weighted by Crippen LogP contribution is -2.23. The van der Waals surface area contributed by atoms with Crippen LogP contribution in [0.2, 0.25) is 10.0 Å². The van der Waals surface area contributed by atoms with Gasteiger partial charge < -0.3 is 4.74 Å². The Morgan fingerprint density at radius 3 is 2.89 bits per heavy atom. The van der Waals surface area contributed by atoms with Crippen LogP contribution in [0.5, 0.6) is 0 Å². The molecule has 1 aromatic carbocycles. The van der Waals surface area contributed by atoms with Gasteiger partial charge in [-0.3, -0.25) is 15.2 Å². The number of carbonyl (C=O) groups excluding carboxylic acids is 2. The number of hydrogen-bond donors (Lipinski definition) is 2. The number of hydrogen-bond acceptors (Lipinski definition) is 6. The van der Waals surface area contributed by atoms with Crippen molar-refractivity contribution in [2.24, 2.45) is 5.10 Å². The lowest BCUT2D eigenvalue weighted by atomic mass is 10.1. The Balaban J connectivity index is 1.94. The smallest absolute Gasteiger partial charge is 0.332 e. The van der Waals surface area contributed by atoms with Crippen LogP contribution >= 0.6 is 35.4 Å². The molecule has 0 unspecified atom stereocenters. The number of hydrazone groups is 1. The molecular weight excluding hydrogens is 413 g/mol. The zero-order chi connectivity index (χ0) is 19.6. The van der Waals surface area contributed by atoms with Gasteiger partial charge in [0.15, 0.2) is 0 Å². The number of esters is 1. The summed E-state index contributed by atoms with van der Waals surface area (Å²) in [5.74, 6) is -1.27. The van der Waals surface area contributed by atoms with E-state index in [1.807, 2.05) is 0 Å². The lowest BCUT2D eigenvalue weighted by molar-refractivity contribution is -0.135. The lowest BCUT2D eigenvalue weighted by Gasteiger charge is -2.09. The van der Waals surface area contributed by atoms with Gasteiger partial charge in [0, 0.05) is 16.1 Å². The largest absolute Gasteiger partial charge is 0.466 e. The first-order valence-electron chi connectivity index (χ1n) is 7.38. The molecule has 1 aliphatic heterocycles. The molecule has 1 fully saturated rings. The monoisotopic (exact) mass is 423 g/mol. The van der Waals surface area contributed by atoms with Crippen LogP contribution in [0.4, 0.5) is 0 Å². The number of nitrogens with zero attached hydrogens (tertiary/aromatic N) is 3. The first-order chi connectivity index (χ1) is 12.9. The summed E-state index contributed by atoms with van der Waals surface area (Å²) in [6, 6.07) is 5.04. The molecule has 0 spiro atoms. The number of nitrogens with one attached hydrogen (secondary N) is 2. The molecule has 0 bridgehead atoms. The maximum Gasteiger partial charge on any atom is 0.332 e. The summed E-state index contributed by atoms with van der Waals surface area (Å²) in [5, 5.41) is 15.5. The van der Waals surface area contributed by atoms with Gasteiger partial charge in [0.05, 0.1) is 36.3 Å². The normalized spacial score (nSPS) is 15.7. The number of carbonyl (C=O) groups is 2. The van der Waals surface area contributed by atoms with E-state index < -0.39 is 11.9 Å². The zero-order valence-corrected chi connectivity index (χ0v) is 16.0. The molecule has 0 atom stereocenters. The van der Waals surface area contributed by atoms with Gasteiger partial charge in [-0.2, -0.15) is 10.2 Å². The van der Waals surface area contributed by atoms with Crippen molar-refractivity contribution in [3.63, 3.8) is 0 Å². The summed E-state index contributed by atoms with van der Waals surface area (Å²) in [6.45, 7) is 0. The maximum atomic E-state index is 11.9. The highest BCUT2D eigenvalue weighted by atomic mass is 35.5. The molecule has 1 aliphatic rings. The predicted molar refractivity (Wildman–Crippen MR) is 104 cm³/mol. The average Bonchev–Trinajstić information content (AvgIpc) is 3.18. The highest BCUT2D eigenvalue weighted by Crippen LogP contribution is 2.30. The maximum absolute atomic E-state index is 11.9. The fourth-order valence-corrected chi connectivity index (χ4v) is 2.99. The molecule has 1 saturated heterocycles. The number of rotatable bonds is 4. The third kappa shape index (κ3) is 4.00. The Morgan fingerprint density at radius 1 is 1.41 bits per heavy atom. The van der Waals surface area contributed by atoms with Crippen molar-refractivity contribution in [2.45, 2.75) is 0 Å². The van der Waals surface area contributed by atoms with Crippen LogP contribution in [-0.2, 0) is 14.3 Å². The van der Waals surface area contributed by atoms with E-state index in [0.29, 0.717) is 26.9 Å². The number of amides is 1. The number of aromatic amines is 1. The van der Waals surface area contributed by atoms with E-state index in [-0.39, 0.29) is 10.8 Å². The van der Waals surface area contributed by atoms with Crippen LogP contribution in [0.3, 0.4) is 0 Å². The Labute approximate surface area is 168 Å². The first kappa shape index (κ1) is 19.0. The van der Waals surface area contributed by atoms with E-state index in [9.17, 15) is 9.59 Å². The summed E-state index contributed by atoms with van der Waals surface area (Å²) >= 11 is 17.2. The molecule has 3 rings (SSSR count). The van der Waals surface area contributed by atoms with Gasteiger partial charge in [0.25, 0.3) is 5.91 Å². The quantitative estimate of drug-likeness (QED) is 0.339. The number of benzene rings is 1. The molecule has 8 nitrogen and oxygen atoms in total. The molecule has 11 heteroatoms. The predicted octanol–water partition coefficient (Wildman–Crippen LogP) is 2.49. The van der Waals surface area contributed by atoms with Gasteiger partial charge in [0.1, 0.15) is 5.70 Å². The van der Waals surface area contributed by atoms with Crippen molar-refractivity contribution in [3.8, 4) is 11.3 Å². The van der Waals surface area contributed by atoms with Crippen LogP contribution < -0.4 is 5.32 Å². The molecule has 0 aliphatic carbocycles. The Morgan fingerprint density at radius 2 is 2.19 bits per heavy atom. The van der Waals surface area contributed by atoms with E-state index in [2.05, 4.69) is 25.4 Å². The summed E-state index contributed by atoms with van der Waals surface area (Å²) in [4.78, 5) is 23.4. The van der Waals surface area contributed by atoms with Crippen molar-refractivity contribution < 1.29 is 14.3 Å². The van der Waals surface area contributed by atoms with Gasteiger partial charge in [-0.25, -0.2) is 9.80 Å². The highest BCUT2D eigenvalue weighted by molar-refractivity contribution is 7.80. The van der Waals surface area contributed by atoms with Crippen molar-refractivity contribution in [3.05, 3.63) is 51.8 Å². The third-order valence-corrected chi connectivity index (χ3v) is 4.33. The molecule has 0 radical (unpaired) electrons. The number of halogens is 2. The van der Waals surface area contributed by atoms with Gasteiger partial charge in [-0.1, -0.05) is 23.2 Å². The van der Waals surface area contributed by atoms with Crippen molar-refractivity contribution >= 4 is 58.6 Å². The minimum Gasteiger partial charge on any atom is -0.466 e. The summed E-state index contributed by atoms with van der Waals surface area (Å²) in [6.07, 6.45) is 3.96. The fraction of sp³-hybridized carbons (Fsp3) is 0.0625. The summed E-state index contributed by atoms with van der Waals surface area (Å²) < 4.78 is 4.54. The van der Waals surface area contributed by atoms with Crippen LogP contribution in [0.1, 0.15) is 5.56 Å². The number of aromatic nitrogens is 2. The third-order valence-electron chi connectivity index (χ3n) is 3.51. The average molecular weight is 424 g/mol. The second-order valence-electron chi connectivity index (χ2n) is 5.19. The highest BCUT2D eigenvalue weighted by Gasteiger charge is 2.31. The minimum absolute atomic E-state index is 0.0287. The van der Waals surface area contributed by atoms with Crippen molar-refractivity contribution in [1.29, 1.82) is 0 Å². The van der Waals surface area contributed by atoms with Crippen LogP contribution in [0.25, 0.3) is 11.3 Å². The SMILES string of the molecule is COC(=O)/C=C1/C(=O)NC(=S)N1/N=C/c1cn[nH]c1-c1ccc(Cl)cc1Cl. The first-order valence-corrected chi connectivity index (χ1v) is 8.55. The number of thiocarbonyl (C=S) groups is 1. The standard InChI is InChI=1S/C16H11Cl2N5O3S/c1-26-13(24)5-12-15(25)21-16(27)23(12)20-7-8-6-19-22-14(8)10-3-2-9(17)4-11(10)18/h2-7H,1H3,(H,19,22)(H,21,25,27)/b12-5-,20-7+. The molecule has 138 valence electrons. The van der Waals surface area contributed by atoms with Gasteiger partial charge in [-0.05, 0) is 30.4 Å². The molecule has 1 aromatic heterocycles. The molecule has 2 aromatic rings. The molecule has 2 heterocycles. The zero-order valence-electron chi connectivity index (χ0n) is 13.7. The van der Waals surface area contributed by atoms with E-state index in [1.165, 1.54) is 19.5 Å². The minimum atomic E-state index is -0.706. The summed E-state index contributed by atoms with van der Waals surface area (Å²) in [7, 11) is 1.20. The van der Waals surface area contributed by atoms with Gasteiger partial charge >= 0.3 is 5.97 Å². The van der Waals surface area contributed by atoms with Gasteiger partial charge in [-0.15, -0.1) is 0 Å². The number of H-pyrrole nitrogens is 1. The van der Waals surface area contributed by atoms with Crippen LogP contribution in [0, 0.1) is 0 Å². The molecule has 27 heavy (non-hydrogen) atoms.